The van der Waals surface area contributed by atoms with Crippen molar-refractivity contribution < 1.29 is 4.79 Å². The number of para-hydroxylation sites is 1. The maximum absolute atomic E-state index is 12.9. The van der Waals surface area contributed by atoms with E-state index < -0.39 is 0 Å². The molecule has 0 radical (unpaired) electrons. The van der Waals surface area contributed by atoms with E-state index in [4.69, 9.17) is 0 Å². The first-order chi connectivity index (χ1) is 13.0. The lowest BCUT2D eigenvalue weighted by Gasteiger charge is -2.16. The Hall–Kier alpha value is -2.60. The van der Waals surface area contributed by atoms with E-state index in [9.17, 15) is 9.59 Å². The van der Waals surface area contributed by atoms with E-state index in [1.807, 2.05) is 62.4 Å². The number of carbonyl (C=O) groups excluding carboxylic acids is 1. The van der Waals surface area contributed by atoms with Crippen LogP contribution in [0.5, 0.6) is 0 Å². The number of benzene rings is 2. The van der Waals surface area contributed by atoms with Crippen molar-refractivity contribution in [1.82, 2.24) is 9.55 Å². The molecule has 1 atom stereocenters. The monoisotopic (exact) mass is 379 g/mol. The fourth-order valence-electron chi connectivity index (χ4n) is 3.04. The van der Waals surface area contributed by atoms with E-state index in [0.29, 0.717) is 16.1 Å². The van der Waals surface area contributed by atoms with Gasteiger partial charge in [0.05, 0.1) is 16.2 Å². The number of amides is 1. The Bertz CT molecular complexity index is 1070. The number of thioether (sulfide) groups is 1. The molecule has 4 rings (SSSR count). The van der Waals surface area contributed by atoms with E-state index >= 15 is 0 Å². The molecule has 1 aliphatic rings. The minimum absolute atomic E-state index is 0.0168. The SMILES string of the molecule is Cc1cccc(NC(=O)[C@@H](C)Sc2nc3ccccc3c(=O)n2C2CC2)c1. The van der Waals surface area contributed by atoms with Gasteiger partial charge in [0.15, 0.2) is 5.16 Å². The fraction of sp³-hybridized carbons (Fsp3) is 0.286. The van der Waals surface area contributed by atoms with Crippen molar-refractivity contribution in [3.8, 4) is 0 Å². The molecule has 138 valence electrons. The van der Waals surface area contributed by atoms with Gasteiger partial charge in [-0.25, -0.2) is 4.98 Å². The average Bonchev–Trinajstić information content (AvgIpc) is 3.47. The zero-order chi connectivity index (χ0) is 19.0. The van der Waals surface area contributed by atoms with Gasteiger partial charge in [-0.2, -0.15) is 0 Å². The summed E-state index contributed by atoms with van der Waals surface area (Å²) in [6.45, 7) is 3.83. The van der Waals surface area contributed by atoms with Gasteiger partial charge >= 0.3 is 0 Å². The molecule has 1 heterocycles. The summed E-state index contributed by atoms with van der Waals surface area (Å²) in [4.78, 5) is 30.2. The van der Waals surface area contributed by atoms with Gasteiger partial charge in [0, 0.05) is 11.7 Å². The van der Waals surface area contributed by atoms with Crippen molar-refractivity contribution in [3.05, 3.63) is 64.4 Å². The average molecular weight is 379 g/mol. The van der Waals surface area contributed by atoms with E-state index in [1.54, 1.807) is 4.57 Å². The normalized spacial score (nSPS) is 14.9. The molecule has 5 nitrogen and oxygen atoms in total. The van der Waals surface area contributed by atoms with Crippen LogP contribution in [0.15, 0.2) is 58.5 Å². The van der Waals surface area contributed by atoms with Crippen LogP contribution in [0.3, 0.4) is 0 Å². The molecule has 1 saturated carbocycles. The number of anilines is 1. The van der Waals surface area contributed by atoms with Crippen LogP contribution in [-0.2, 0) is 4.79 Å². The Kier molecular flexibility index (Phi) is 4.74. The molecule has 0 saturated heterocycles. The molecule has 1 amide bonds. The van der Waals surface area contributed by atoms with Crippen molar-refractivity contribution in [2.24, 2.45) is 0 Å². The molecule has 6 heteroatoms. The smallest absolute Gasteiger partial charge is 0.262 e. The number of hydrogen-bond donors (Lipinski definition) is 1. The maximum atomic E-state index is 12.9. The number of rotatable bonds is 5. The van der Waals surface area contributed by atoms with Gasteiger partial charge in [-0.3, -0.25) is 14.2 Å². The quantitative estimate of drug-likeness (QED) is 0.534. The van der Waals surface area contributed by atoms with Gasteiger partial charge in [-0.15, -0.1) is 0 Å². The van der Waals surface area contributed by atoms with E-state index in [2.05, 4.69) is 10.3 Å². The van der Waals surface area contributed by atoms with Crippen LogP contribution in [0.2, 0.25) is 0 Å². The van der Waals surface area contributed by atoms with Crippen molar-refractivity contribution >= 4 is 34.3 Å². The number of fused-ring (bicyclic) bond motifs is 1. The minimum Gasteiger partial charge on any atom is -0.325 e. The van der Waals surface area contributed by atoms with Gasteiger partial charge in [0.2, 0.25) is 5.91 Å². The van der Waals surface area contributed by atoms with Crippen molar-refractivity contribution in [3.63, 3.8) is 0 Å². The number of nitrogens with one attached hydrogen (secondary N) is 1. The van der Waals surface area contributed by atoms with Gasteiger partial charge in [0.1, 0.15) is 0 Å². The highest BCUT2D eigenvalue weighted by molar-refractivity contribution is 8.00. The highest BCUT2D eigenvalue weighted by Gasteiger charge is 2.30. The van der Waals surface area contributed by atoms with E-state index in [0.717, 1.165) is 24.1 Å². The number of aryl methyl sites for hydroxylation is 1. The number of nitrogens with zero attached hydrogens (tertiary/aromatic N) is 2. The standard InChI is InChI=1S/C21H21N3O2S/c1-13-6-5-7-15(12-13)22-19(25)14(2)27-21-23-18-9-4-3-8-17(18)20(26)24(21)16-10-11-16/h3-9,12,14,16H,10-11H2,1-2H3,(H,22,25)/t14-/m1/s1. The molecule has 1 aromatic heterocycles. The van der Waals surface area contributed by atoms with Crippen LogP contribution in [0.4, 0.5) is 5.69 Å². The third-order valence-corrected chi connectivity index (χ3v) is 5.69. The molecular formula is C21H21N3O2S. The Morgan fingerprint density at radius 2 is 2.00 bits per heavy atom. The third-order valence-electron chi connectivity index (χ3n) is 4.62. The molecule has 2 aromatic carbocycles. The fourth-order valence-corrected chi connectivity index (χ4v) is 4.02. The van der Waals surface area contributed by atoms with E-state index in [1.165, 1.54) is 11.8 Å². The molecule has 0 unspecified atom stereocenters. The summed E-state index contributed by atoms with van der Waals surface area (Å²) in [6, 6.07) is 15.3. The number of aromatic nitrogens is 2. The second kappa shape index (κ2) is 7.19. The molecule has 0 aliphatic heterocycles. The predicted molar refractivity (Wildman–Crippen MR) is 109 cm³/mol. The van der Waals surface area contributed by atoms with Crippen molar-refractivity contribution in [2.75, 3.05) is 5.32 Å². The summed E-state index contributed by atoms with van der Waals surface area (Å²) >= 11 is 1.34. The molecule has 0 spiro atoms. The molecule has 3 aromatic rings. The van der Waals surface area contributed by atoms with Gasteiger partial charge in [0.25, 0.3) is 5.56 Å². The Morgan fingerprint density at radius 1 is 1.22 bits per heavy atom. The minimum atomic E-state index is -0.372. The first-order valence-electron chi connectivity index (χ1n) is 9.08. The van der Waals surface area contributed by atoms with Gasteiger partial charge in [-0.05, 0) is 56.5 Å². The van der Waals surface area contributed by atoms with Gasteiger partial charge in [-0.1, -0.05) is 36.0 Å². The van der Waals surface area contributed by atoms with Crippen molar-refractivity contribution in [2.45, 2.75) is 43.1 Å². The largest absolute Gasteiger partial charge is 0.325 e. The molecular weight excluding hydrogens is 358 g/mol. The zero-order valence-electron chi connectivity index (χ0n) is 15.3. The van der Waals surface area contributed by atoms with E-state index in [-0.39, 0.29) is 22.8 Å². The summed E-state index contributed by atoms with van der Waals surface area (Å²) in [6.07, 6.45) is 1.97. The second-order valence-corrected chi connectivity index (χ2v) is 8.24. The first-order valence-corrected chi connectivity index (χ1v) is 9.96. The highest BCUT2D eigenvalue weighted by atomic mass is 32.2. The summed E-state index contributed by atoms with van der Waals surface area (Å²) in [5.41, 5.74) is 2.52. The third kappa shape index (κ3) is 3.76. The lowest BCUT2D eigenvalue weighted by Crippen LogP contribution is -2.26. The lowest BCUT2D eigenvalue weighted by atomic mass is 10.2. The first kappa shape index (κ1) is 17.8. The summed E-state index contributed by atoms with van der Waals surface area (Å²) in [7, 11) is 0. The maximum Gasteiger partial charge on any atom is 0.262 e. The highest BCUT2D eigenvalue weighted by Crippen LogP contribution is 2.37. The van der Waals surface area contributed by atoms with Crippen LogP contribution in [0.1, 0.15) is 31.4 Å². The van der Waals surface area contributed by atoms with Crippen LogP contribution < -0.4 is 10.9 Å². The number of carbonyl (C=O) groups is 1. The van der Waals surface area contributed by atoms with Crippen LogP contribution in [-0.4, -0.2) is 20.7 Å². The summed E-state index contributed by atoms with van der Waals surface area (Å²) < 4.78 is 1.77. The van der Waals surface area contributed by atoms with Crippen LogP contribution in [0, 0.1) is 6.92 Å². The lowest BCUT2D eigenvalue weighted by molar-refractivity contribution is -0.115. The van der Waals surface area contributed by atoms with Gasteiger partial charge < -0.3 is 5.32 Å². The van der Waals surface area contributed by atoms with Crippen LogP contribution >= 0.6 is 11.8 Å². The Labute approximate surface area is 161 Å². The molecule has 1 fully saturated rings. The number of hydrogen-bond acceptors (Lipinski definition) is 4. The Morgan fingerprint density at radius 3 is 2.74 bits per heavy atom. The second-order valence-electron chi connectivity index (χ2n) is 6.94. The molecule has 1 aliphatic carbocycles. The Balaban J connectivity index is 1.61. The molecule has 0 bridgehead atoms. The predicted octanol–water partition coefficient (Wildman–Crippen LogP) is 4.16. The molecule has 27 heavy (non-hydrogen) atoms. The summed E-state index contributed by atoms with van der Waals surface area (Å²) in [5, 5.41) is 3.82. The summed E-state index contributed by atoms with van der Waals surface area (Å²) in [5.74, 6) is -0.102. The van der Waals surface area contributed by atoms with Crippen LogP contribution in [0.25, 0.3) is 10.9 Å². The van der Waals surface area contributed by atoms with Crippen molar-refractivity contribution in [1.29, 1.82) is 0 Å². The molecule has 1 N–H and O–H groups in total. The topological polar surface area (TPSA) is 64.0 Å². The zero-order valence-corrected chi connectivity index (χ0v) is 16.1.